The van der Waals surface area contributed by atoms with E-state index in [-0.39, 0.29) is 54.0 Å². The van der Waals surface area contributed by atoms with Crippen molar-refractivity contribution in [3.05, 3.63) is 58.1 Å². The molecule has 0 spiro atoms. The van der Waals surface area contributed by atoms with E-state index < -0.39 is 52.1 Å². The second-order valence-electron chi connectivity index (χ2n) is 9.15. The van der Waals surface area contributed by atoms with Crippen molar-refractivity contribution in [1.29, 1.82) is 0 Å². The SMILES string of the molecule is O=C(COc1ccc(Cl)c(F)c1)NCCCC1(NC(=O)COc2ccc(Cl)c(F)c2)CCCC[C@@H]1OS(=O)(=O)O. The van der Waals surface area contributed by atoms with E-state index in [2.05, 4.69) is 10.6 Å². The van der Waals surface area contributed by atoms with Gasteiger partial charge in [0.1, 0.15) is 29.2 Å². The van der Waals surface area contributed by atoms with Gasteiger partial charge < -0.3 is 20.1 Å². The summed E-state index contributed by atoms with van der Waals surface area (Å²) in [6, 6.07) is 7.44. The Kier molecular flexibility index (Phi) is 11.3. The topological polar surface area (TPSA) is 140 Å². The molecule has 10 nitrogen and oxygen atoms in total. The van der Waals surface area contributed by atoms with E-state index in [9.17, 15) is 31.3 Å². The molecule has 0 saturated heterocycles. The zero-order chi connectivity index (χ0) is 29.3. The van der Waals surface area contributed by atoms with Gasteiger partial charge in [0.2, 0.25) is 0 Å². The molecule has 1 saturated carbocycles. The van der Waals surface area contributed by atoms with Gasteiger partial charge in [-0.3, -0.25) is 14.1 Å². The van der Waals surface area contributed by atoms with Crippen molar-refractivity contribution in [3.8, 4) is 11.5 Å². The van der Waals surface area contributed by atoms with Crippen LogP contribution in [0.15, 0.2) is 36.4 Å². The van der Waals surface area contributed by atoms with Crippen molar-refractivity contribution in [2.45, 2.75) is 50.2 Å². The first kappa shape index (κ1) is 31.8. The molecule has 2 atom stereocenters. The Hall–Kier alpha value is -2.71. The minimum Gasteiger partial charge on any atom is -0.484 e. The molecule has 15 heteroatoms. The van der Waals surface area contributed by atoms with Crippen LogP contribution in [0.2, 0.25) is 10.0 Å². The van der Waals surface area contributed by atoms with E-state index in [1.54, 1.807) is 0 Å². The molecule has 1 unspecified atom stereocenters. The third kappa shape index (κ3) is 9.73. The van der Waals surface area contributed by atoms with Crippen molar-refractivity contribution in [3.63, 3.8) is 0 Å². The number of rotatable bonds is 13. The third-order valence-corrected chi connectivity index (χ3v) is 7.31. The van der Waals surface area contributed by atoms with E-state index in [1.807, 2.05) is 0 Å². The summed E-state index contributed by atoms with van der Waals surface area (Å²) in [7, 11) is -4.84. The minimum atomic E-state index is -4.84. The van der Waals surface area contributed by atoms with Crippen LogP contribution in [0.1, 0.15) is 38.5 Å². The first-order valence-corrected chi connectivity index (χ1v) is 14.4. The van der Waals surface area contributed by atoms with E-state index in [0.717, 1.165) is 12.1 Å². The maximum Gasteiger partial charge on any atom is 0.397 e. The molecule has 0 aromatic heterocycles. The molecule has 1 fully saturated rings. The van der Waals surface area contributed by atoms with Crippen molar-refractivity contribution >= 4 is 45.4 Å². The number of amides is 2. The molecular weight excluding hydrogens is 597 g/mol. The number of hydrogen-bond donors (Lipinski definition) is 3. The van der Waals surface area contributed by atoms with Gasteiger partial charge in [0.05, 0.1) is 15.6 Å². The van der Waals surface area contributed by atoms with Gasteiger partial charge in [0.15, 0.2) is 13.2 Å². The zero-order valence-electron chi connectivity index (χ0n) is 21.1. The Morgan fingerprint density at radius 3 is 2.10 bits per heavy atom. The molecule has 0 bridgehead atoms. The van der Waals surface area contributed by atoms with Gasteiger partial charge in [-0.15, -0.1) is 0 Å². The Labute approximate surface area is 240 Å². The van der Waals surface area contributed by atoms with Crippen molar-refractivity contribution < 1.29 is 45.0 Å². The molecule has 0 radical (unpaired) electrons. The molecule has 3 N–H and O–H groups in total. The fourth-order valence-electron chi connectivity index (χ4n) is 4.41. The molecule has 2 aromatic carbocycles. The first-order valence-electron chi connectivity index (χ1n) is 12.3. The van der Waals surface area contributed by atoms with E-state index in [0.29, 0.717) is 19.3 Å². The second kappa shape index (κ2) is 14.3. The van der Waals surface area contributed by atoms with Gasteiger partial charge in [-0.2, -0.15) is 8.42 Å². The molecule has 0 heterocycles. The highest BCUT2D eigenvalue weighted by atomic mass is 35.5. The average Bonchev–Trinajstić information content (AvgIpc) is 2.88. The van der Waals surface area contributed by atoms with Gasteiger partial charge >= 0.3 is 10.4 Å². The van der Waals surface area contributed by atoms with Crippen LogP contribution >= 0.6 is 23.2 Å². The number of hydrogen-bond acceptors (Lipinski definition) is 7. The monoisotopic (exact) mass is 624 g/mol. The summed E-state index contributed by atoms with van der Waals surface area (Å²) >= 11 is 11.3. The summed E-state index contributed by atoms with van der Waals surface area (Å²) in [4.78, 5) is 25.0. The van der Waals surface area contributed by atoms with Crippen LogP contribution in [0, 0.1) is 11.6 Å². The highest BCUT2D eigenvalue weighted by molar-refractivity contribution is 7.80. The highest BCUT2D eigenvalue weighted by Gasteiger charge is 2.44. The van der Waals surface area contributed by atoms with Crippen LogP contribution in [0.3, 0.4) is 0 Å². The van der Waals surface area contributed by atoms with Crippen LogP contribution in [-0.2, 0) is 24.2 Å². The Balaban J connectivity index is 1.59. The molecule has 40 heavy (non-hydrogen) atoms. The summed E-state index contributed by atoms with van der Waals surface area (Å²) in [5.41, 5.74) is -1.21. The smallest absolute Gasteiger partial charge is 0.397 e. The van der Waals surface area contributed by atoms with Crippen LogP contribution < -0.4 is 20.1 Å². The van der Waals surface area contributed by atoms with Gasteiger partial charge in [0, 0.05) is 18.7 Å². The molecule has 1 aliphatic carbocycles. The zero-order valence-corrected chi connectivity index (χ0v) is 23.5. The average molecular weight is 625 g/mol. The maximum absolute atomic E-state index is 13.7. The fraction of sp³-hybridized carbons (Fsp3) is 0.440. The molecular formula is C25H28Cl2F2N2O8S. The number of ether oxygens (including phenoxy) is 2. The van der Waals surface area contributed by atoms with Crippen LogP contribution in [0.4, 0.5) is 8.78 Å². The Morgan fingerprint density at radius 2 is 1.55 bits per heavy atom. The Bertz CT molecular complexity index is 1320. The van der Waals surface area contributed by atoms with Gasteiger partial charge in [-0.1, -0.05) is 36.0 Å². The number of halogens is 4. The summed E-state index contributed by atoms with van der Waals surface area (Å²) < 4.78 is 75.1. The van der Waals surface area contributed by atoms with Crippen molar-refractivity contribution in [2.24, 2.45) is 0 Å². The number of benzene rings is 2. The molecule has 1 aliphatic rings. The van der Waals surface area contributed by atoms with Crippen LogP contribution in [0.25, 0.3) is 0 Å². The van der Waals surface area contributed by atoms with E-state index in [4.69, 9.17) is 36.9 Å². The lowest BCUT2D eigenvalue weighted by molar-refractivity contribution is -0.128. The lowest BCUT2D eigenvalue weighted by Crippen LogP contribution is -2.60. The fourth-order valence-corrected chi connectivity index (χ4v) is 5.22. The predicted octanol–water partition coefficient (Wildman–Crippen LogP) is 4.24. The van der Waals surface area contributed by atoms with Gasteiger partial charge in [-0.05, 0) is 49.9 Å². The predicted molar refractivity (Wildman–Crippen MR) is 142 cm³/mol. The number of carbonyl (C=O) groups is 2. The normalized spacial score (nSPS) is 19.1. The number of carbonyl (C=O) groups excluding carboxylic acids is 2. The number of nitrogens with one attached hydrogen (secondary N) is 2. The lowest BCUT2D eigenvalue weighted by Gasteiger charge is -2.43. The standard InChI is InChI=1S/C25H28Cl2F2N2O8S/c26-18-7-5-16(12-20(18)28)37-14-23(32)30-11-3-10-25(9-2-1-4-22(25)39-40(34,35)36)31-24(33)15-38-17-6-8-19(27)21(29)13-17/h5-8,12-13,22H,1-4,9-11,14-15H2,(H,30,32)(H,31,33)(H,34,35,36)/t22-,25?/m0/s1. The van der Waals surface area contributed by atoms with Gasteiger partial charge in [0.25, 0.3) is 11.8 Å². The molecule has 220 valence electrons. The second-order valence-corrected chi connectivity index (χ2v) is 11.0. The third-order valence-electron chi connectivity index (χ3n) is 6.23. The Morgan fingerprint density at radius 1 is 0.975 bits per heavy atom. The van der Waals surface area contributed by atoms with Crippen LogP contribution in [0.5, 0.6) is 11.5 Å². The van der Waals surface area contributed by atoms with Gasteiger partial charge in [-0.25, -0.2) is 13.0 Å². The summed E-state index contributed by atoms with van der Waals surface area (Å²) in [5, 5.41) is 5.22. The quantitative estimate of drug-likeness (QED) is 0.222. The van der Waals surface area contributed by atoms with Crippen molar-refractivity contribution in [2.75, 3.05) is 19.8 Å². The maximum atomic E-state index is 13.7. The molecule has 0 aliphatic heterocycles. The molecule has 2 amide bonds. The van der Waals surface area contributed by atoms with Crippen LogP contribution in [-0.4, -0.2) is 56.2 Å². The van der Waals surface area contributed by atoms with E-state index >= 15 is 0 Å². The minimum absolute atomic E-state index is 0.0618. The lowest BCUT2D eigenvalue weighted by atomic mass is 9.76. The largest absolute Gasteiger partial charge is 0.484 e. The summed E-state index contributed by atoms with van der Waals surface area (Å²) in [6.45, 7) is -0.769. The summed E-state index contributed by atoms with van der Waals surface area (Å²) in [5.74, 6) is -2.36. The first-order chi connectivity index (χ1) is 18.9. The van der Waals surface area contributed by atoms with Crippen molar-refractivity contribution in [1.82, 2.24) is 10.6 Å². The molecule has 2 aromatic rings. The van der Waals surface area contributed by atoms with E-state index in [1.165, 1.54) is 24.3 Å². The molecule has 3 rings (SSSR count). The summed E-state index contributed by atoms with van der Waals surface area (Å²) in [6.07, 6.45) is 1.18. The highest BCUT2D eigenvalue weighted by Crippen LogP contribution is 2.35.